The number of nitrogens with two attached hydrogens (primary N) is 1. The number of thioether (sulfide) groups is 1. The Morgan fingerprint density at radius 1 is 0.923 bits per heavy atom. The third-order valence-electron chi connectivity index (χ3n) is 6.73. The summed E-state index contributed by atoms with van der Waals surface area (Å²) < 4.78 is 10.8. The van der Waals surface area contributed by atoms with Crippen LogP contribution in [0.3, 0.4) is 0 Å². The van der Waals surface area contributed by atoms with E-state index in [2.05, 4.69) is 16.0 Å². The quantitative estimate of drug-likeness (QED) is 0.0796. The Bertz CT molecular complexity index is 780. The first-order valence-electron chi connectivity index (χ1n) is 13.9. The minimum Gasteiger partial charge on any atom is -0.379 e. The van der Waals surface area contributed by atoms with Gasteiger partial charge in [0.25, 0.3) is 0 Å². The highest BCUT2D eigenvalue weighted by atomic mass is 32.2. The van der Waals surface area contributed by atoms with Gasteiger partial charge >= 0.3 is 0 Å². The van der Waals surface area contributed by atoms with Crippen molar-refractivity contribution in [2.75, 3.05) is 71.4 Å². The zero-order chi connectivity index (χ0) is 28.3. The van der Waals surface area contributed by atoms with E-state index < -0.39 is 5.25 Å². The minimum absolute atomic E-state index is 0.0679. The molecule has 2 fully saturated rings. The van der Waals surface area contributed by atoms with Gasteiger partial charge in [-0.3, -0.25) is 24.1 Å². The Morgan fingerprint density at radius 2 is 1.62 bits per heavy atom. The molecule has 13 heteroatoms. The monoisotopic (exact) mass is 571 g/mol. The fourth-order valence-corrected chi connectivity index (χ4v) is 5.60. The van der Waals surface area contributed by atoms with Gasteiger partial charge in [0, 0.05) is 70.2 Å². The summed E-state index contributed by atoms with van der Waals surface area (Å²) in [5.74, 6) is 0.334. The number of nitrogens with one attached hydrogen (secondary N) is 3. The molecule has 39 heavy (non-hydrogen) atoms. The van der Waals surface area contributed by atoms with E-state index in [1.165, 1.54) is 16.7 Å². The molecular weight excluding hydrogens is 526 g/mol. The first-order chi connectivity index (χ1) is 18.9. The first kappa shape index (κ1) is 33.1. The van der Waals surface area contributed by atoms with Gasteiger partial charge in [0.05, 0.1) is 31.7 Å². The van der Waals surface area contributed by atoms with Gasteiger partial charge < -0.3 is 36.0 Å². The van der Waals surface area contributed by atoms with Gasteiger partial charge in [-0.05, 0) is 31.6 Å². The van der Waals surface area contributed by atoms with Crippen LogP contribution in [-0.2, 0) is 33.4 Å². The van der Waals surface area contributed by atoms with E-state index in [0.29, 0.717) is 64.9 Å². The summed E-state index contributed by atoms with van der Waals surface area (Å²) in [4.78, 5) is 61.1. The molecule has 1 aliphatic heterocycles. The molecule has 4 amide bonds. The third-order valence-corrected chi connectivity index (χ3v) is 7.94. The summed E-state index contributed by atoms with van der Waals surface area (Å²) in [6.45, 7) is 4.71. The van der Waals surface area contributed by atoms with Crippen molar-refractivity contribution in [3.63, 3.8) is 0 Å². The molecule has 2 aliphatic rings. The fraction of sp³-hybridized carbons (Fsp3) is 0.808. The van der Waals surface area contributed by atoms with Gasteiger partial charge in [0.2, 0.25) is 23.6 Å². The molecule has 0 spiro atoms. The minimum atomic E-state index is -0.427. The third kappa shape index (κ3) is 13.7. The number of imide groups is 1. The lowest BCUT2D eigenvalue weighted by Gasteiger charge is -2.28. The van der Waals surface area contributed by atoms with Crippen molar-refractivity contribution in [1.82, 2.24) is 20.9 Å². The zero-order valence-electron chi connectivity index (χ0n) is 22.8. The van der Waals surface area contributed by atoms with E-state index >= 15 is 0 Å². The molecule has 1 saturated carbocycles. The molecule has 0 radical (unpaired) electrons. The molecule has 1 unspecified atom stereocenters. The number of carbonyl (C=O) groups is 5. The van der Waals surface area contributed by atoms with Crippen molar-refractivity contribution in [2.45, 2.75) is 50.2 Å². The molecular formula is C26H45N5O7S. The van der Waals surface area contributed by atoms with Crippen LogP contribution in [0.25, 0.3) is 0 Å². The van der Waals surface area contributed by atoms with E-state index in [1.54, 1.807) is 0 Å². The molecule has 2 rings (SSSR count). The average molecular weight is 572 g/mol. The number of rotatable bonds is 21. The molecule has 5 N–H and O–H groups in total. The Kier molecular flexibility index (Phi) is 16.9. The summed E-state index contributed by atoms with van der Waals surface area (Å²) in [5.41, 5.74) is 5.37. The normalized spacial score (nSPS) is 21.3. The first-order valence-corrected chi connectivity index (χ1v) is 15.0. The smallest absolute Gasteiger partial charge is 0.242 e. The van der Waals surface area contributed by atoms with Crippen molar-refractivity contribution in [1.29, 1.82) is 0 Å². The molecule has 1 aliphatic carbocycles. The molecule has 0 aromatic carbocycles. The van der Waals surface area contributed by atoms with Gasteiger partial charge in [-0.1, -0.05) is 0 Å². The highest BCUT2D eigenvalue weighted by molar-refractivity contribution is 8.00. The number of amides is 4. The van der Waals surface area contributed by atoms with Crippen LogP contribution < -0.4 is 21.7 Å². The highest BCUT2D eigenvalue weighted by Gasteiger charge is 2.40. The summed E-state index contributed by atoms with van der Waals surface area (Å²) >= 11 is 1.35. The van der Waals surface area contributed by atoms with E-state index in [4.69, 9.17) is 15.2 Å². The second kappa shape index (κ2) is 19.9. The van der Waals surface area contributed by atoms with Crippen molar-refractivity contribution in [2.24, 2.45) is 17.6 Å². The van der Waals surface area contributed by atoms with Gasteiger partial charge in [-0.2, -0.15) is 0 Å². The molecule has 1 atom stereocenters. The van der Waals surface area contributed by atoms with Crippen molar-refractivity contribution < 1.29 is 33.4 Å². The number of carbonyl (C=O) groups excluding carboxylic acids is 5. The van der Waals surface area contributed by atoms with Crippen LogP contribution in [0.1, 0.15) is 44.9 Å². The maximum Gasteiger partial charge on any atom is 0.242 e. The summed E-state index contributed by atoms with van der Waals surface area (Å²) in [7, 11) is 0. The van der Waals surface area contributed by atoms with Crippen LogP contribution in [-0.4, -0.2) is 112 Å². The highest BCUT2D eigenvalue weighted by Crippen LogP contribution is 2.31. The Morgan fingerprint density at radius 3 is 2.33 bits per heavy atom. The van der Waals surface area contributed by atoms with Crippen LogP contribution in [0.5, 0.6) is 0 Å². The van der Waals surface area contributed by atoms with Crippen molar-refractivity contribution >= 4 is 41.7 Å². The Hall–Kier alpha value is -2.06. The van der Waals surface area contributed by atoms with Crippen LogP contribution in [0.2, 0.25) is 0 Å². The summed E-state index contributed by atoms with van der Waals surface area (Å²) in [6, 6.07) is 0. The average Bonchev–Trinajstić information content (AvgIpc) is 3.19. The number of ether oxygens (including phenoxy) is 2. The number of aldehydes is 1. The number of hydrogen-bond acceptors (Lipinski definition) is 10. The number of likely N-dealkylation sites (tertiary alicyclic amines) is 1. The van der Waals surface area contributed by atoms with Gasteiger partial charge in [0.1, 0.15) is 6.29 Å². The Balaban J connectivity index is 1.42. The molecule has 222 valence electrons. The lowest BCUT2D eigenvalue weighted by molar-refractivity contribution is -0.139. The van der Waals surface area contributed by atoms with Gasteiger partial charge in [-0.25, -0.2) is 0 Å². The molecule has 0 aromatic rings. The predicted molar refractivity (Wildman–Crippen MR) is 148 cm³/mol. The van der Waals surface area contributed by atoms with Crippen LogP contribution >= 0.6 is 11.8 Å². The van der Waals surface area contributed by atoms with E-state index in [-0.39, 0.29) is 54.7 Å². The SMILES string of the molecule is NCCNCCNC(=O)CCOCCOCCNC(=O)CCSC1CC(=O)N(CC2CCC(C=O)CC2)C1=O. The maximum absolute atomic E-state index is 12.7. The molecule has 0 bridgehead atoms. The molecule has 0 aromatic heterocycles. The summed E-state index contributed by atoms with van der Waals surface area (Å²) in [6.07, 6.45) is 5.11. The van der Waals surface area contributed by atoms with Crippen LogP contribution in [0, 0.1) is 11.8 Å². The standard InChI is InChI=1S/C26H45N5O7S/c27-7-8-28-9-10-29-23(33)5-12-37-14-15-38-13-11-30-24(34)6-16-39-22-17-25(35)31(26(22)36)18-20-1-3-21(19-32)4-2-20/h19-22,28H,1-18,27H2,(H,29,33)(H,30,34). The van der Waals surface area contributed by atoms with Gasteiger partial charge in [-0.15, -0.1) is 11.8 Å². The topological polar surface area (TPSA) is 169 Å². The van der Waals surface area contributed by atoms with Crippen molar-refractivity contribution in [3.8, 4) is 0 Å². The van der Waals surface area contributed by atoms with E-state index in [9.17, 15) is 24.0 Å². The number of hydrogen-bond donors (Lipinski definition) is 4. The largest absolute Gasteiger partial charge is 0.379 e. The van der Waals surface area contributed by atoms with Gasteiger partial charge in [0.15, 0.2) is 0 Å². The zero-order valence-corrected chi connectivity index (χ0v) is 23.6. The van der Waals surface area contributed by atoms with Crippen LogP contribution in [0.4, 0.5) is 0 Å². The lowest BCUT2D eigenvalue weighted by Crippen LogP contribution is -2.37. The number of nitrogens with zero attached hydrogens (tertiary/aromatic N) is 1. The van der Waals surface area contributed by atoms with Crippen LogP contribution in [0.15, 0.2) is 0 Å². The maximum atomic E-state index is 12.7. The second-order valence-electron chi connectivity index (χ2n) is 9.79. The second-order valence-corrected chi connectivity index (χ2v) is 11.1. The molecule has 1 saturated heterocycles. The molecule has 12 nitrogen and oxygen atoms in total. The fourth-order valence-electron chi connectivity index (χ4n) is 4.48. The lowest BCUT2D eigenvalue weighted by atomic mass is 9.82. The van der Waals surface area contributed by atoms with Crippen molar-refractivity contribution in [3.05, 3.63) is 0 Å². The Labute approximate surface area is 235 Å². The van der Waals surface area contributed by atoms with E-state index in [0.717, 1.165) is 38.5 Å². The molecule has 1 heterocycles. The van der Waals surface area contributed by atoms with E-state index in [1.807, 2.05) is 0 Å². The summed E-state index contributed by atoms with van der Waals surface area (Å²) in [5, 5.41) is 8.23. The predicted octanol–water partition coefficient (Wildman–Crippen LogP) is -0.553.